The van der Waals surface area contributed by atoms with Gasteiger partial charge < -0.3 is 0 Å². The van der Waals surface area contributed by atoms with Crippen LogP contribution in [-0.2, 0) is 11.2 Å². The van der Waals surface area contributed by atoms with Gasteiger partial charge in [-0.15, -0.1) is 0 Å². The number of carbonyl (C=O) groups excluding carboxylic acids is 1. The number of benzene rings is 1. The van der Waals surface area contributed by atoms with Crippen molar-refractivity contribution in [1.29, 1.82) is 0 Å². The van der Waals surface area contributed by atoms with E-state index >= 15 is 0 Å². The number of fused-ring (bicyclic) bond motifs is 3. The molecule has 0 fully saturated rings. The van der Waals surface area contributed by atoms with E-state index in [1.165, 1.54) is 35.1 Å². The van der Waals surface area contributed by atoms with Crippen LogP contribution in [0.2, 0.25) is 0 Å². The second-order valence-electron chi connectivity index (χ2n) is 5.95. The molecule has 3 aliphatic rings. The number of hydrogen-bond acceptors (Lipinski definition) is 1. The van der Waals surface area contributed by atoms with Crippen molar-refractivity contribution in [2.75, 3.05) is 0 Å². The molecule has 0 aromatic heterocycles. The Kier molecular flexibility index (Phi) is 2.23. The van der Waals surface area contributed by atoms with E-state index in [0.29, 0.717) is 11.7 Å². The van der Waals surface area contributed by atoms with E-state index in [9.17, 15) is 4.79 Å². The van der Waals surface area contributed by atoms with Crippen molar-refractivity contribution >= 4 is 5.78 Å². The highest BCUT2D eigenvalue weighted by molar-refractivity contribution is 6.00. The van der Waals surface area contributed by atoms with Crippen LogP contribution >= 0.6 is 0 Å². The summed E-state index contributed by atoms with van der Waals surface area (Å²) in [6, 6.07) is 8.75. The summed E-state index contributed by atoms with van der Waals surface area (Å²) in [6.45, 7) is 0. The normalized spacial score (nSPS) is 29.9. The summed E-state index contributed by atoms with van der Waals surface area (Å²) < 4.78 is 0. The minimum atomic E-state index is 0.289. The number of rotatable bonds is 0. The SMILES string of the molecule is O=C1C2=C(CCC2)C[C@H]2c3ccccc3CC[C@H]12. The Morgan fingerprint density at radius 3 is 2.83 bits per heavy atom. The zero-order valence-electron chi connectivity index (χ0n) is 10.6. The molecule has 1 heteroatoms. The van der Waals surface area contributed by atoms with Gasteiger partial charge in [-0.2, -0.15) is 0 Å². The molecule has 1 aromatic carbocycles. The predicted octanol–water partition coefficient (Wildman–Crippen LogP) is 3.79. The van der Waals surface area contributed by atoms with Crippen LogP contribution in [0.5, 0.6) is 0 Å². The van der Waals surface area contributed by atoms with E-state index in [0.717, 1.165) is 25.7 Å². The van der Waals surface area contributed by atoms with Gasteiger partial charge in [-0.05, 0) is 61.1 Å². The summed E-state index contributed by atoms with van der Waals surface area (Å²) in [7, 11) is 0. The van der Waals surface area contributed by atoms with Crippen LogP contribution < -0.4 is 0 Å². The average molecular weight is 238 g/mol. The maximum Gasteiger partial charge on any atom is 0.162 e. The molecule has 3 aliphatic carbocycles. The first-order chi connectivity index (χ1) is 8.84. The largest absolute Gasteiger partial charge is 0.294 e. The van der Waals surface area contributed by atoms with Crippen molar-refractivity contribution in [3.63, 3.8) is 0 Å². The minimum Gasteiger partial charge on any atom is -0.294 e. The summed E-state index contributed by atoms with van der Waals surface area (Å²) >= 11 is 0. The van der Waals surface area contributed by atoms with Crippen molar-refractivity contribution in [1.82, 2.24) is 0 Å². The predicted molar refractivity (Wildman–Crippen MR) is 71.5 cm³/mol. The molecule has 0 amide bonds. The van der Waals surface area contributed by atoms with Crippen LogP contribution in [0.25, 0.3) is 0 Å². The Morgan fingerprint density at radius 1 is 1.00 bits per heavy atom. The van der Waals surface area contributed by atoms with Crippen molar-refractivity contribution in [3.05, 3.63) is 46.5 Å². The lowest BCUT2D eigenvalue weighted by Gasteiger charge is -2.36. The molecular weight excluding hydrogens is 220 g/mol. The van der Waals surface area contributed by atoms with Crippen LogP contribution in [0.15, 0.2) is 35.4 Å². The molecule has 0 bridgehead atoms. The van der Waals surface area contributed by atoms with E-state index < -0.39 is 0 Å². The summed E-state index contributed by atoms with van der Waals surface area (Å²) in [5.74, 6) is 1.27. The molecule has 2 atom stereocenters. The van der Waals surface area contributed by atoms with Gasteiger partial charge in [-0.1, -0.05) is 29.8 Å². The number of ketones is 1. The first kappa shape index (κ1) is 10.5. The van der Waals surface area contributed by atoms with Crippen molar-refractivity contribution in [2.45, 2.75) is 44.4 Å². The topological polar surface area (TPSA) is 17.1 Å². The smallest absolute Gasteiger partial charge is 0.162 e. The van der Waals surface area contributed by atoms with Crippen LogP contribution in [0.1, 0.15) is 49.1 Å². The Balaban J connectivity index is 1.81. The standard InChI is InChI=1S/C17H18O/c18-17-14-7-3-5-12(14)10-16-13-6-2-1-4-11(13)8-9-15(16)17/h1-2,4,6,15-16H,3,5,7-10H2/t15-,16-/m0/s1. The summed E-state index contributed by atoms with van der Waals surface area (Å²) in [5.41, 5.74) is 5.64. The summed E-state index contributed by atoms with van der Waals surface area (Å²) in [4.78, 5) is 12.6. The summed E-state index contributed by atoms with van der Waals surface area (Å²) in [5, 5.41) is 0. The highest BCUT2D eigenvalue weighted by atomic mass is 16.1. The van der Waals surface area contributed by atoms with Gasteiger partial charge in [0.2, 0.25) is 0 Å². The molecular formula is C17H18O. The average Bonchev–Trinajstić information content (AvgIpc) is 2.87. The fraction of sp³-hybridized carbons (Fsp3) is 0.471. The molecule has 0 N–H and O–H groups in total. The van der Waals surface area contributed by atoms with Gasteiger partial charge in [0.15, 0.2) is 5.78 Å². The lowest BCUT2D eigenvalue weighted by Crippen LogP contribution is -2.32. The Labute approximate surface area is 108 Å². The van der Waals surface area contributed by atoms with E-state index in [-0.39, 0.29) is 5.92 Å². The van der Waals surface area contributed by atoms with E-state index in [2.05, 4.69) is 24.3 Å². The molecule has 0 saturated carbocycles. The van der Waals surface area contributed by atoms with Gasteiger partial charge in [0.1, 0.15) is 0 Å². The quantitative estimate of drug-likeness (QED) is 0.672. The van der Waals surface area contributed by atoms with Gasteiger partial charge in [-0.3, -0.25) is 4.79 Å². The molecule has 1 aromatic rings. The van der Waals surface area contributed by atoms with Crippen LogP contribution in [0.3, 0.4) is 0 Å². The van der Waals surface area contributed by atoms with Crippen molar-refractivity contribution < 1.29 is 4.79 Å². The van der Waals surface area contributed by atoms with Crippen LogP contribution in [-0.4, -0.2) is 5.78 Å². The first-order valence-corrected chi connectivity index (χ1v) is 7.17. The molecule has 0 heterocycles. The zero-order valence-corrected chi connectivity index (χ0v) is 10.6. The number of Topliss-reactive ketones (excluding diaryl/α,β-unsaturated/α-hetero) is 1. The monoisotopic (exact) mass is 238 g/mol. The number of aryl methyl sites for hydroxylation is 1. The summed E-state index contributed by atoms with van der Waals surface area (Å²) in [6.07, 6.45) is 6.74. The third kappa shape index (κ3) is 1.36. The third-order valence-electron chi connectivity index (χ3n) is 5.10. The zero-order chi connectivity index (χ0) is 12.1. The number of carbonyl (C=O) groups is 1. The van der Waals surface area contributed by atoms with Gasteiger partial charge in [-0.25, -0.2) is 0 Å². The lowest BCUT2D eigenvalue weighted by molar-refractivity contribution is -0.121. The van der Waals surface area contributed by atoms with E-state index in [1.54, 1.807) is 0 Å². The number of allylic oxidation sites excluding steroid dienone is 2. The third-order valence-corrected chi connectivity index (χ3v) is 5.10. The van der Waals surface area contributed by atoms with Gasteiger partial charge in [0.05, 0.1) is 0 Å². The fourth-order valence-electron chi connectivity index (χ4n) is 4.24. The molecule has 0 unspecified atom stereocenters. The Bertz CT molecular complexity index is 552. The van der Waals surface area contributed by atoms with Gasteiger partial charge in [0.25, 0.3) is 0 Å². The van der Waals surface area contributed by atoms with Gasteiger partial charge in [0, 0.05) is 5.92 Å². The Morgan fingerprint density at radius 2 is 1.89 bits per heavy atom. The van der Waals surface area contributed by atoms with Gasteiger partial charge >= 0.3 is 0 Å². The van der Waals surface area contributed by atoms with Crippen LogP contribution in [0, 0.1) is 5.92 Å². The molecule has 92 valence electrons. The van der Waals surface area contributed by atoms with E-state index in [4.69, 9.17) is 0 Å². The molecule has 18 heavy (non-hydrogen) atoms. The van der Waals surface area contributed by atoms with Crippen molar-refractivity contribution in [2.24, 2.45) is 5.92 Å². The molecule has 1 nitrogen and oxygen atoms in total. The maximum atomic E-state index is 12.6. The number of hydrogen-bond donors (Lipinski definition) is 0. The highest BCUT2D eigenvalue weighted by Crippen LogP contribution is 2.49. The Hall–Kier alpha value is -1.37. The fourth-order valence-corrected chi connectivity index (χ4v) is 4.24. The molecule has 0 saturated heterocycles. The second-order valence-corrected chi connectivity index (χ2v) is 5.95. The maximum absolute atomic E-state index is 12.6. The molecule has 0 spiro atoms. The van der Waals surface area contributed by atoms with Crippen molar-refractivity contribution in [3.8, 4) is 0 Å². The van der Waals surface area contributed by atoms with E-state index in [1.807, 2.05) is 0 Å². The molecule has 4 rings (SSSR count). The van der Waals surface area contributed by atoms with Crippen LogP contribution in [0.4, 0.5) is 0 Å². The first-order valence-electron chi connectivity index (χ1n) is 7.17. The molecule has 0 radical (unpaired) electrons. The minimum absolute atomic E-state index is 0.289. The highest BCUT2D eigenvalue weighted by Gasteiger charge is 2.41. The molecule has 0 aliphatic heterocycles. The second kappa shape index (κ2) is 3.81. The lowest BCUT2D eigenvalue weighted by atomic mass is 9.66.